The molecule has 3 atom stereocenters. The number of amides is 5. The first-order valence-electron chi connectivity index (χ1n) is 13.5. The largest absolute Gasteiger partial charge is 0.375 e. The normalized spacial score (nSPS) is 21.3. The summed E-state index contributed by atoms with van der Waals surface area (Å²) >= 11 is 0. The Bertz CT molecular complexity index is 1220. The Morgan fingerprint density at radius 1 is 1.05 bits per heavy atom. The summed E-state index contributed by atoms with van der Waals surface area (Å²) in [6.07, 6.45) is 0.515. The molecule has 4 N–H and O–H groups in total. The number of hydrogen-bond acceptors (Lipinski definition) is 8. The van der Waals surface area contributed by atoms with Crippen LogP contribution in [0.1, 0.15) is 49.0 Å². The summed E-state index contributed by atoms with van der Waals surface area (Å²) in [5.41, 5.74) is 0.752. The molecule has 0 saturated heterocycles. The number of carbonyl (C=O) groups is 5. The zero-order valence-corrected chi connectivity index (χ0v) is 23.8. The number of hydrogen-bond donors (Lipinski definition) is 4. The van der Waals surface area contributed by atoms with Gasteiger partial charge in [-0.25, -0.2) is 0 Å². The van der Waals surface area contributed by atoms with Crippen LogP contribution in [-0.2, 0) is 36.9 Å². The van der Waals surface area contributed by atoms with Crippen molar-refractivity contribution >= 4 is 29.5 Å². The van der Waals surface area contributed by atoms with E-state index in [2.05, 4.69) is 26.4 Å². The van der Waals surface area contributed by atoms with Crippen LogP contribution in [0.15, 0.2) is 40.9 Å². The van der Waals surface area contributed by atoms with Gasteiger partial charge in [0.25, 0.3) is 5.91 Å². The molecular formula is C28H38N6O7. The maximum absolute atomic E-state index is 13.4. The van der Waals surface area contributed by atoms with Gasteiger partial charge in [0.1, 0.15) is 24.7 Å². The highest BCUT2D eigenvalue weighted by Crippen LogP contribution is 2.11. The van der Waals surface area contributed by atoms with Crippen LogP contribution in [0, 0.1) is 5.92 Å². The Hall–Kier alpha value is -4.26. The maximum atomic E-state index is 13.4. The molecule has 222 valence electrons. The van der Waals surface area contributed by atoms with E-state index in [9.17, 15) is 24.0 Å². The van der Waals surface area contributed by atoms with Gasteiger partial charge in [0, 0.05) is 32.7 Å². The molecule has 2 aromatic rings. The third-order valence-corrected chi connectivity index (χ3v) is 6.44. The molecule has 0 saturated carbocycles. The van der Waals surface area contributed by atoms with E-state index in [0.717, 1.165) is 5.56 Å². The topological polar surface area (TPSA) is 172 Å². The lowest BCUT2D eigenvalue weighted by Crippen LogP contribution is -2.57. The molecule has 0 spiro atoms. The average Bonchev–Trinajstić information content (AvgIpc) is 3.40. The number of aromatic nitrogens is 1. The van der Waals surface area contributed by atoms with Gasteiger partial charge in [-0.1, -0.05) is 49.3 Å². The Morgan fingerprint density at radius 2 is 1.76 bits per heavy atom. The molecule has 1 aromatic carbocycles. The molecule has 2 bridgehead atoms. The van der Waals surface area contributed by atoms with Crippen molar-refractivity contribution in [2.24, 2.45) is 5.92 Å². The SMILES string of the molecule is COCC(=O)N1CCNC(=O)[C@@H](Cc2ccccc2)NC(=O)[C@@H](CC(C)C)NC(=O)[C@@H](C)NC(=O)c2cc(on2)C1. The third-order valence-electron chi connectivity index (χ3n) is 6.44. The number of methoxy groups -OCH3 is 1. The molecule has 2 heterocycles. The zero-order chi connectivity index (χ0) is 29.9. The lowest BCUT2D eigenvalue weighted by molar-refractivity contribution is -0.136. The highest BCUT2D eigenvalue weighted by Gasteiger charge is 2.30. The lowest BCUT2D eigenvalue weighted by atomic mass is 10.0. The van der Waals surface area contributed by atoms with Gasteiger partial charge in [-0.2, -0.15) is 0 Å². The van der Waals surface area contributed by atoms with Crippen LogP contribution in [0.25, 0.3) is 0 Å². The minimum absolute atomic E-state index is 0.0323. The fourth-order valence-corrected chi connectivity index (χ4v) is 4.29. The number of fused-ring (bicyclic) bond motifs is 2. The first-order valence-corrected chi connectivity index (χ1v) is 13.5. The van der Waals surface area contributed by atoms with Crippen LogP contribution < -0.4 is 21.3 Å². The highest BCUT2D eigenvalue weighted by atomic mass is 16.5. The van der Waals surface area contributed by atoms with Gasteiger partial charge >= 0.3 is 0 Å². The van der Waals surface area contributed by atoms with Gasteiger partial charge in [-0.15, -0.1) is 0 Å². The molecule has 41 heavy (non-hydrogen) atoms. The van der Waals surface area contributed by atoms with Crippen LogP contribution >= 0.6 is 0 Å². The van der Waals surface area contributed by atoms with Crippen LogP contribution in [0.3, 0.4) is 0 Å². The van der Waals surface area contributed by atoms with E-state index in [4.69, 9.17) is 9.26 Å². The van der Waals surface area contributed by atoms with Gasteiger partial charge in [0.15, 0.2) is 11.5 Å². The number of nitrogens with zero attached hydrogens (tertiary/aromatic N) is 2. The minimum atomic E-state index is -1.01. The number of nitrogens with one attached hydrogen (secondary N) is 4. The summed E-state index contributed by atoms with van der Waals surface area (Å²) in [7, 11) is 1.39. The average molecular weight is 571 g/mol. The zero-order valence-electron chi connectivity index (χ0n) is 23.8. The van der Waals surface area contributed by atoms with Crippen molar-refractivity contribution in [1.82, 2.24) is 31.3 Å². The monoisotopic (exact) mass is 570 g/mol. The second-order valence-electron chi connectivity index (χ2n) is 10.4. The smallest absolute Gasteiger partial charge is 0.274 e. The molecule has 13 nitrogen and oxygen atoms in total. The standard InChI is InChI=1S/C28H38N6O7/c1-17(2)12-21-27(38)32-22(13-19-8-6-5-7-9-19)26(37)29-10-11-34(24(35)16-40-4)15-20-14-23(33-41-20)28(39)30-18(3)25(36)31-21/h5-9,14,17-18,21-22H,10-13,15-16H2,1-4H3,(H,29,37)(H,30,39)(H,31,36)(H,32,38)/t18-,21-,22-/m1/s1. The maximum Gasteiger partial charge on any atom is 0.274 e. The van der Waals surface area contributed by atoms with Crippen LogP contribution in [-0.4, -0.2) is 84.5 Å². The van der Waals surface area contributed by atoms with E-state index in [1.54, 1.807) is 0 Å². The molecule has 0 aliphatic carbocycles. The molecule has 3 rings (SSSR count). The summed E-state index contributed by atoms with van der Waals surface area (Å²) in [5.74, 6) is -2.30. The number of carbonyl (C=O) groups excluding carboxylic acids is 5. The van der Waals surface area contributed by atoms with Crippen molar-refractivity contribution in [3.8, 4) is 0 Å². The summed E-state index contributed by atoms with van der Waals surface area (Å²) < 4.78 is 10.2. The predicted molar refractivity (Wildman–Crippen MR) is 147 cm³/mol. The fraction of sp³-hybridized carbons (Fsp3) is 0.500. The van der Waals surface area contributed by atoms with E-state index in [1.807, 2.05) is 44.2 Å². The first-order chi connectivity index (χ1) is 19.6. The summed E-state index contributed by atoms with van der Waals surface area (Å²) in [5, 5.41) is 14.6. The van der Waals surface area contributed by atoms with E-state index < -0.39 is 41.8 Å². The van der Waals surface area contributed by atoms with Crippen LogP contribution in [0.2, 0.25) is 0 Å². The molecule has 0 fully saturated rings. The summed E-state index contributed by atoms with van der Waals surface area (Å²) in [6, 6.07) is 7.68. The quantitative estimate of drug-likeness (QED) is 0.380. The molecule has 5 amide bonds. The van der Waals surface area contributed by atoms with Crippen LogP contribution in [0.5, 0.6) is 0 Å². The number of rotatable bonds is 6. The van der Waals surface area contributed by atoms with Gasteiger partial charge in [-0.05, 0) is 24.8 Å². The molecule has 1 aliphatic heterocycles. The molecule has 0 radical (unpaired) electrons. The van der Waals surface area contributed by atoms with Crippen molar-refractivity contribution in [1.29, 1.82) is 0 Å². The van der Waals surface area contributed by atoms with Crippen molar-refractivity contribution in [3.05, 3.63) is 53.4 Å². The van der Waals surface area contributed by atoms with Crippen molar-refractivity contribution in [2.45, 2.75) is 58.3 Å². The van der Waals surface area contributed by atoms with Crippen molar-refractivity contribution in [3.63, 3.8) is 0 Å². The van der Waals surface area contributed by atoms with E-state index in [-0.39, 0.29) is 55.9 Å². The van der Waals surface area contributed by atoms with Crippen LogP contribution in [0.4, 0.5) is 0 Å². The molecule has 1 aliphatic rings. The predicted octanol–water partition coefficient (Wildman–Crippen LogP) is 0.156. The fourth-order valence-electron chi connectivity index (χ4n) is 4.29. The van der Waals surface area contributed by atoms with Gasteiger partial charge in [-0.3, -0.25) is 24.0 Å². The minimum Gasteiger partial charge on any atom is -0.375 e. The van der Waals surface area contributed by atoms with Crippen molar-refractivity contribution < 1.29 is 33.2 Å². The lowest BCUT2D eigenvalue weighted by Gasteiger charge is -2.26. The summed E-state index contributed by atoms with van der Waals surface area (Å²) in [6.45, 7) is 5.23. The Kier molecular flexibility index (Phi) is 11.4. The third kappa shape index (κ3) is 9.41. The Labute approximate surface area is 238 Å². The Balaban J connectivity index is 1.92. The molecule has 1 aromatic heterocycles. The molecular weight excluding hydrogens is 532 g/mol. The van der Waals surface area contributed by atoms with Gasteiger partial charge < -0.3 is 35.4 Å². The van der Waals surface area contributed by atoms with Gasteiger partial charge in [0.2, 0.25) is 23.6 Å². The van der Waals surface area contributed by atoms with E-state index >= 15 is 0 Å². The highest BCUT2D eigenvalue weighted by molar-refractivity contribution is 5.97. The second-order valence-corrected chi connectivity index (χ2v) is 10.4. The van der Waals surface area contributed by atoms with Gasteiger partial charge in [0.05, 0.1) is 6.54 Å². The second kappa shape index (κ2) is 14.9. The number of ether oxygens (including phenoxy) is 1. The van der Waals surface area contributed by atoms with E-state index in [1.165, 1.54) is 25.0 Å². The Morgan fingerprint density at radius 3 is 2.44 bits per heavy atom. The van der Waals surface area contributed by atoms with E-state index in [0.29, 0.717) is 6.42 Å². The molecule has 13 heteroatoms. The van der Waals surface area contributed by atoms with Crippen molar-refractivity contribution in [2.75, 3.05) is 26.8 Å². The summed E-state index contributed by atoms with van der Waals surface area (Å²) in [4.78, 5) is 66.6. The first kappa shape index (κ1) is 31.3. The number of benzene rings is 1. The molecule has 0 unspecified atom stereocenters.